The van der Waals surface area contributed by atoms with Gasteiger partial charge in [-0.3, -0.25) is 4.79 Å². The van der Waals surface area contributed by atoms with E-state index in [1.807, 2.05) is 0 Å². The van der Waals surface area contributed by atoms with Crippen LogP contribution in [0.25, 0.3) is 0 Å². The Morgan fingerprint density at radius 3 is 1.35 bits per heavy atom. The van der Waals surface area contributed by atoms with Crippen LogP contribution in [0.4, 0.5) is 0 Å². The lowest BCUT2D eigenvalue weighted by Crippen LogP contribution is -2.20. The van der Waals surface area contributed by atoms with Crippen LogP contribution in [0.5, 0.6) is 0 Å². The molecule has 26 heavy (non-hydrogen) atoms. The van der Waals surface area contributed by atoms with Gasteiger partial charge >= 0.3 is 0 Å². The minimum atomic E-state index is -0.863. The van der Waals surface area contributed by atoms with Crippen molar-refractivity contribution in [1.82, 2.24) is 0 Å². The van der Waals surface area contributed by atoms with E-state index in [1.165, 1.54) is 96.3 Å². The van der Waals surface area contributed by atoms with Gasteiger partial charge in [-0.2, -0.15) is 0 Å². The van der Waals surface area contributed by atoms with Gasteiger partial charge in [0.25, 0.3) is 0 Å². The minimum absolute atomic E-state index is 0.0835. The van der Waals surface area contributed by atoms with Crippen molar-refractivity contribution in [3.05, 3.63) is 0 Å². The maximum absolute atomic E-state index is 11.3. The van der Waals surface area contributed by atoms with Gasteiger partial charge in [-0.15, -0.1) is 0 Å². The largest absolute Gasteiger partial charge is 0.396 e. The molecule has 0 aliphatic heterocycles. The Bertz CT molecular complexity index is 291. The van der Waals surface area contributed by atoms with E-state index in [0.29, 0.717) is 6.42 Å². The lowest BCUT2D eigenvalue weighted by molar-refractivity contribution is -0.128. The fraction of sp³-hybridized carbons (Fsp3) is 0.957. The van der Waals surface area contributed by atoms with Crippen LogP contribution in [0.2, 0.25) is 0 Å². The molecule has 0 aromatic heterocycles. The molecule has 0 bridgehead atoms. The van der Waals surface area contributed by atoms with Crippen LogP contribution in [0.3, 0.4) is 0 Å². The van der Waals surface area contributed by atoms with Gasteiger partial charge in [0.2, 0.25) is 0 Å². The van der Waals surface area contributed by atoms with Crippen LogP contribution in [-0.2, 0) is 4.79 Å². The first-order valence-electron chi connectivity index (χ1n) is 11.5. The van der Waals surface area contributed by atoms with Crippen molar-refractivity contribution in [2.75, 3.05) is 6.61 Å². The number of unbranched alkanes of at least 4 members (excludes halogenated alkanes) is 16. The summed E-state index contributed by atoms with van der Waals surface area (Å²) >= 11 is 0. The third-order valence-electron chi connectivity index (χ3n) is 5.31. The SMILES string of the molecule is CCCCCCCCCCCCCCCCCCCC(O)C(=O)CCO. The molecule has 0 saturated carbocycles. The lowest BCUT2D eigenvalue weighted by atomic mass is 10.0. The number of carbonyl (C=O) groups is 1. The number of aliphatic hydroxyl groups excluding tert-OH is 2. The molecule has 2 N–H and O–H groups in total. The van der Waals surface area contributed by atoms with Gasteiger partial charge in [0.1, 0.15) is 6.10 Å². The molecule has 0 amide bonds. The maximum Gasteiger partial charge on any atom is 0.163 e. The van der Waals surface area contributed by atoms with Crippen LogP contribution >= 0.6 is 0 Å². The highest BCUT2D eigenvalue weighted by Gasteiger charge is 2.13. The molecule has 0 fully saturated rings. The van der Waals surface area contributed by atoms with Gasteiger partial charge in [-0.25, -0.2) is 0 Å². The highest BCUT2D eigenvalue weighted by atomic mass is 16.3. The highest BCUT2D eigenvalue weighted by molar-refractivity contribution is 5.82. The molecule has 0 rings (SSSR count). The second-order valence-electron chi connectivity index (χ2n) is 7.90. The van der Waals surface area contributed by atoms with Crippen molar-refractivity contribution in [1.29, 1.82) is 0 Å². The lowest BCUT2D eigenvalue weighted by Gasteiger charge is -2.08. The summed E-state index contributed by atoms with van der Waals surface area (Å²) < 4.78 is 0. The minimum Gasteiger partial charge on any atom is -0.396 e. The van der Waals surface area contributed by atoms with E-state index in [9.17, 15) is 9.90 Å². The zero-order valence-corrected chi connectivity index (χ0v) is 17.5. The van der Waals surface area contributed by atoms with Crippen molar-refractivity contribution in [2.24, 2.45) is 0 Å². The fourth-order valence-electron chi connectivity index (χ4n) is 3.50. The number of aliphatic hydroxyl groups is 2. The zero-order chi connectivity index (χ0) is 19.3. The summed E-state index contributed by atoms with van der Waals surface area (Å²) in [6.45, 7) is 2.12. The summed E-state index contributed by atoms with van der Waals surface area (Å²) in [7, 11) is 0. The van der Waals surface area contributed by atoms with E-state index in [2.05, 4.69) is 6.92 Å². The molecule has 1 atom stereocenters. The van der Waals surface area contributed by atoms with Gasteiger partial charge in [0.15, 0.2) is 5.78 Å². The molecule has 0 aliphatic carbocycles. The highest BCUT2D eigenvalue weighted by Crippen LogP contribution is 2.14. The van der Waals surface area contributed by atoms with Crippen molar-refractivity contribution in [3.63, 3.8) is 0 Å². The Morgan fingerprint density at radius 2 is 1.00 bits per heavy atom. The number of rotatable bonds is 21. The van der Waals surface area contributed by atoms with Crippen molar-refractivity contribution < 1.29 is 15.0 Å². The average Bonchev–Trinajstić information content (AvgIpc) is 2.64. The van der Waals surface area contributed by atoms with Crippen molar-refractivity contribution in [2.45, 2.75) is 135 Å². The molecular weight excluding hydrogens is 324 g/mol. The van der Waals surface area contributed by atoms with E-state index >= 15 is 0 Å². The third kappa shape index (κ3) is 18.4. The molecular formula is C23H46O3. The molecule has 156 valence electrons. The van der Waals surface area contributed by atoms with Crippen LogP contribution in [0, 0.1) is 0 Å². The molecule has 3 nitrogen and oxygen atoms in total. The van der Waals surface area contributed by atoms with E-state index in [1.54, 1.807) is 0 Å². The van der Waals surface area contributed by atoms with Crippen LogP contribution in [0.15, 0.2) is 0 Å². The predicted molar refractivity (Wildman–Crippen MR) is 111 cm³/mol. The Kier molecular flexibility index (Phi) is 20.6. The molecule has 0 saturated heterocycles. The van der Waals surface area contributed by atoms with Gasteiger partial charge < -0.3 is 10.2 Å². The first-order chi connectivity index (χ1) is 12.7. The standard InChI is InChI=1S/C23H46O3/c1-2-3-4-5-6-7-8-9-10-11-12-13-14-15-16-17-18-19-22(25)23(26)20-21-24/h22,24-25H,2-21H2,1H3. The summed E-state index contributed by atoms with van der Waals surface area (Å²) in [5.74, 6) is -0.219. The Labute approximate surface area is 163 Å². The summed E-state index contributed by atoms with van der Waals surface area (Å²) in [6, 6.07) is 0. The second kappa shape index (κ2) is 20.9. The summed E-state index contributed by atoms with van der Waals surface area (Å²) in [4.78, 5) is 11.3. The van der Waals surface area contributed by atoms with Crippen LogP contribution in [-0.4, -0.2) is 28.7 Å². The summed E-state index contributed by atoms with van der Waals surface area (Å²) in [5.41, 5.74) is 0. The van der Waals surface area contributed by atoms with Crippen LogP contribution in [0.1, 0.15) is 129 Å². The average molecular weight is 371 g/mol. The normalized spacial score (nSPS) is 12.4. The number of Topliss-reactive ketones (excluding diaryl/α,β-unsaturated/α-hetero) is 1. The first kappa shape index (κ1) is 25.6. The van der Waals surface area contributed by atoms with E-state index in [-0.39, 0.29) is 18.8 Å². The summed E-state index contributed by atoms with van der Waals surface area (Å²) in [6.07, 6.45) is 22.5. The maximum atomic E-state index is 11.3. The molecule has 0 aliphatic rings. The quantitative estimate of drug-likeness (QED) is 0.232. The Hall–Kier alpha value is -0.410. The summed E-state index contributed by atoms with van der Waals surface area (Å²) in [5, 5.41) is 18.3. The number of ketones is 1. The van der Waals surface area contributed by atoms with Crippen LogP contribution < -0.4 is 0 Å². The van der Waals surface area contributed by atoms with Gasteiger partial charge in [-0.05, 0) is 6.42 Å². The number of hydrogen-bond donors (Lipinski definition) is 2. The van der Waals surface area contributed by atoms with E-state index in [4.69, 9.17) is 5.11 Å². The molecule has 1 unspecified atom stereocenters. The third-order valence-corrected chi connectivity index (χ3v) is 5.31. The molecule has 0 aromatic carbocycles. The number of hydrogen-bond acceptors (Lipinski definition) is 3. The number of carbonyl (C=O) groups excluding carboxylic acids is 1. The molecule has 0 radical (unpaired) electrons. The predicted octanol–water partition coefficient (Wildman–Crippen LogP) is 6.34. The van der Waals surface area contributed by atoms with Crippen molar-refractivity contribution >= 4 is 5.78 Å². The molecule has 0 spiro atoms. The Balaban J connectivity index is 3.12. The van der Waals surface area contributed by atoms with Gasteiger partial charge in [0, 0.05) is 6.42 Å². The molecule has 3 heteroatoms. The molecule has 0 heterocycles. The Morgan fingerprint density at radius 1 is 0.654 bits per heavy atom. The zero-order valence-electron chi connectivity index (χ0n) is 17.5. The topological polar surface area (TPSA) is 57.5 Å². The van der Waals surface area contributed by atoms with Gasteiger partial charge in [-0.1, -0.05) is 116 Å². The molecule has 0 aromatic rings. The van der Waals surface area contributed by atoms with Crippen molar-refractivity contribution in [3.8, 4) is 0 Å². The fourth-order valence-corrected chi connectivity index (χ4v) is 3.50. The van der Waals surface area contributed by atoms with E-state index in [0.717, 1.165) is 12.8 Å². The van der Waals surface area contributed by atoms with Gasteiger partial charge in [0.05, 0.1) is 6.61 Å². The van der Waals surface area contributed by atoms with E-state index < -0.39 is 6.10 Å². The smallest absolute Gasteiger partial charge is 0.163 e. The first-order valence-corrected chi connectivity index (χ1v) is 11.5. The second-order valence-corrected chi connectivity index (χ2v) is 7.90. The monoisotopic (exact) mass is 370 g/mol.